The monoisotopic (exact) mass is 386 g/mol. The van der Waals surface area contributed by atoms with Crippen molar-refractivity contribution in [2.24, 2.45) is 0 Å². The summed E-state index contributed by atoms with van der Waals surface area (Å²) in [5, 5.41) is 11.4. The highest BCUT2D eigenvalue weighted by molar-refractivity contribution is 7.03. The number of aromatic nitrogens is 2. The van der Waals surface area contributed by atoms with E-state index in [0.29, 0.717) is 24.5 Å². The second kappa shape index (κ2) is 9.09. The number of nitrogens with zero attached hydrogens (tertiary/aromatic N) is 2. The minimum atomic E-state index is -0.299. The van der Waals surface area contributed by atoms with Crippen molar-refractivity contribution in [3.63, 3.8) is 0 Å². The molecule has 0 aliphatic heterocycles. The predicted molar refractivity (Wildman–Crippen MR) is 101 cm³/mol. The van der Waals surface area contributed by atoms with Crippen LogP contribution in [-0.2, 0) is 6.42 Å². The molecule has 27 heavy (non-hydrogen) atoms. The third-order valence-corrected chi connectivity index (χ3v) is 4.36. The van der Waals surface area contributed by atoms with Crippen LogP contribution in [0.3, 0.4) is 0 Å². The zero-order valence-electron chi connectivity index (χ0n) is 14.7. The van der Waals surface area contributed by atoms with Crippen molar-refractivity contribution in [2.75, 3.05) is 6.54 Å². The van der Waals surface area contributed by atoms with Crippen molar-refractivity contribution in [2.45, 2.75) is 19.4 Å². The smallest absolute Gasteiger partial charge is 0.315 e. The second-order valence-corrected chi connectivity index (χ2v) is 6.51. The first-order chi connectivity index (χ1) is 13.1. The Morgan fingerprint density at radius 2 is 1.81 bits per heavy atom. The van der Waals surface area contributed by atoms with Crippen molar-refractivity contribution >= 4 is 17.6 Å². The number of nitrogens with one attached hydrogen (secondary N) is 2. The molecule has 1 heterocycles. The lowest BCUT2D eigenvalue weighted by Crippen LogP contribution is -2.38. The Morgan fingerprint density at radius 3 is 2.44 bits per heavy atom. The minimum Gasteiger partial charge on any atom is -0.457 e. The van der Waals surface area contributed by atoms with Gasteiger partial charge < -0.3 is 15.4 Å². The van der Waals surface area contributed by atoms with Crippen molar-refractivity contribution in [3.05, 3.63) is 71.0 Å². The van der Waals surface area contributed by atoms with Crippen LogP contribution in [0.5, 0.6) is 11.5 Å². The average Bonchev–Trinajstić information content (AvgIpc) is 3.20. The third kappa shape index (κ3) is 5.75. The number of carbonyl (C=O) groups is 1. The molecule has 1 unspecified atom stereocenters. The predicted octanol–water partition coefficient (Wildman–Crippen LogP) is 4.07. The molecule has 0 saturated carbocycles. The zero-order chi connectivity index (χ0) is 19.1. The maximum Gasteiger partial charge on any atom is 0.315 e. The fourth-order valence-electron chi connectivity index (χ4n) is 2.37. The van der Waals surface area contributed by atoms with E-state index in [2.05, 4.69) is 20.2 Å². The second-order valence-electron chi connectivity index (χ2n) is 5.90. The maximum atomic E-state index is 12.9. The number of hydrogen-bond donors (Lipinski definition) is 2. The Morgan fingerprint density at radius 1 is 1.15 bits per heavy atom. The van der Waals surface area contributed by atoms with E-state index in [0.717, 1.165) is 11.3 Å². The zero-order valence-corrected chi connectivity index (χ0v) is 15.5. The van der Waals surface area contributed by atoms with Gasteiger partial charge in [0.1, 0.15) is 17.3 Å². The van der Waals surface area contributed by atoms with Crippen LogP contribution in [0.25, 0.3) is 0 Å². The van der Waals surface area contributed by atoms with E-state index < -0.39 is 0 Å². The Labute approximate surface area is 160 Å². The van der Waals surface area contributed by atoms with Gasteiger partial charge in [-0.2, -0.15) is 0 Å². The lowest BCUT2D eigenvalue weighted by atomic mass is 10.1. The van der Waals surface area contributed by atoms with Crippen LogP contribution in [0.1, 0.15) is 24.2 Å². The van der Waals surface area contributed by atoms with Gasteiger partial charge in [0, 0.05) is 11.9 Å². The van der Waals surface area contributed by atoms with Crippen molar-refractivity contribution in [3.8, 4) is 11.5 Å². The Balaban J connectivity index is 1.42. The summed E-state index contributed by atoms with van der Waals surface area (Å²) in [6.07, 6.45) is 0.691. The van der Waals surface area contributed by atoms with Crippen molar-refractivity contribution < 1.29 is 13.9 Å². The molecule has 0 saturated heterocycles. The molecule has 0 radical (unpaired) electrons. The summed E-state index contributed by atoms with van der Waals surface area (Å²) in [6.45, 7) is 2.36. The van der Waals surface area contributed by atoms with E-state index >= 15 is 0 Å². The molecule has 8 heteroatoms. The Hall–Kier alpha value is -3.00. The molecular formula is C19H19FN4O2S. The van der Waals surface area contributed by atoms with Gasteiger partial charge in [-0.05, 0) is 66.8 Å². The highest BCUT2D eigenvalue weighted by Gasteiger charge is 2.11. The van der Waals surface area contributed by atoms with Crippen LogP contribution in [-0.4, -0.2) is 22.2 Å². The maximum absolute atomic E-state index is 12.9. The number of benzene rings is 2. The first-order valence-electron chi connectivity index (χ1n) is 8.44. The molecule has 2 N–H and O–H groups in total. The summed E-state index contributed by atoms with van der Waals surface area (Å²) >= 11 is 1.25. The van der Waals surface area contributed by atoms with E-state index in [-0.39, 0.29) is 17.9 Å². The van der Waals surface area contributed by atoms with Gasteiger partial charge in [0.2, 0.25) is 0 Å². The molecule has 6 nitrogen and oxygen atoms in total. The summed E-state index contributed by atoms with van der Waals surface area (Å²) in [4.78, 5) is 11.9. The standard InChI is InChI=1S/C19H19FN4O2S/c1-13(18-12-27-24-23-18)22-19(25)21-11-10-14-2-6-16(7-3-14)26-17-8-4-15(20)5-9-17/h2-9,12-13H,10-11H2,1H3,(H2,21,22,25). The number of amides is 2. The van der Waals surface area contributed by atoms with E-state index in [9.17, 15) is 9.18 Å². The molecule has 0 spiro atoms. The summed E-state index contributed by atoms with van der Waals surface area (Å²) in [7, 11) is 0. The van der Waals surface area contributed by atoms with Crippen molar-refractivity contribution in [1.82, 2.24) is 20.2 Å². The molecule has 0 bridgehead atoms. The van der Waals surface area contributed by atoms with E-state index in [1.807, 2.05) is 31.2 Å². The summed E-state index contributed by atoms with van der Waals surface area (Å²) < 4.78 is 22.3. The molecule has 3 rings (SSSR count). The van der Waals surface area contributed by atoms with E-state index in [4.69, 9.17) is 4.74 Å². The number of carbonyl (C=O) groups excluding carboxylic acids is 1. The number of ether oxygens (including phenoxy) is 1. The first kappa shape index (κ1) is 18.8. The molecule has 3 aromatic rings. The summed E-state index contributed by atoms with van der Waals surface area (Å²) in [6, 6.07) is 13.0. The van der Waals surface area contributed by atoms with E-state index in [1.165, 1.54) is 23.7 Å². The number of halogens is 1. The van der Waals surface area contributed by atoms with Crippen molar-refractivity contribution in [1.29, 1.82) is 0 Å². The number of rotatable bonds is 7. The lowest BCUT2D eigenvalue weighted by Gasteiger charge is -2.12. The van der Waals surface area contributed by atoms with E-state index in [1.54, 1.807) is 17.5 Å². The topological polar surface area (TPSA) is 76.1 Å². The van der Waals surface area contributed by atoms with Gasteiger partial charge in [-0.25, -0.2) is 9.18 Å². The molecule has 2 amide bonds. The van der Waals surface area contributed by atoms with Crippen LogP contribution >= 0.6 is 11.5 Å². The Kier molecular flexibility index (Phi) is 6.32. The molecule has 0 aliphatic rings. The van der Waals surface area contributed by atoms with Gasteiger partial charge >= 0.3 is 6.03 Å². The molecule has 0 fully saturated rings. The van der Waals surface area contributed by atoms with Gasteiger partial charge in [0.25, 0.3) is 0 Å². The largest absolute Gasteiger partial charge is 0.457 e. The fourth-order valence-corrected chi connectivity index (χ4v) is 2.91. The van der Waals surface area contributed by atoms with Gasteiger partial charge in [-0.1, -0.05) is 16.6 Å². The quantitative estimate of drug-likeness (QED) is 0.642. The highest BCUT2D eigenvalue weighted by atomic mass is 32.1. The van der Waals surface area contributed by atoms with Crippen LogP contribution in [0.2, 0.25) is 0 Å². The fraction of sp³-hybridized carbons (Fsp3) is 0.211. The molecular weight excluding hydrogens is 367 g/mol. The van der Waals surface area contributed by atoms with Gasteiger partial charge in [0.05, 0.1) is 11.7 Å². The van der Waals surface area contributed by atoms with Crippen LogP contribution < -0.4 is 15.4 Å². The number of urea groups is 1. The molecule has 140 valence electrons. The molecule has 1 atom stereocenters. The SMILES string of the molecule is CC(NC(=O)NCCc1ccc(Oc2ccc(F)cc2)cc1)c1csnn1. The van der Waals surface area contributed by atoms with Gasteiger partial charge in [-0.15, -0.1) is 5.10 Å². The van der Waals surface area contributed by atoms with Crippen LogP contribution in [0.4, 0.5) is 9.18 Å². The molecule has 2 aromatic carbocycles. The minimum absolute atomic E-state index is 0.188. The van der Waals surface area contributed by atoms with Crippen LogP contribution in [0.15, 0.2) is 53.9 Å². The first-order valence-corrected chi connectivity index (χ1v) is 9.27. The summed E-state index contributed by atoms with van der Waals surface area (Å²) in [5.74, 6) is 0.945. The summed E-state index contributed by atoms with van der Waals surface area (Å²) in [5.41, 5.74) is 1.81. The molecule has 0 aliphatic carbocycles. The Bertz CT molecular complexity index is 854. The van der Waals surface area contributed by atoms with Gasteiger partial charge in [0.15, 0.2) is 0 Å². The van der Waals surface area contributed by atoms with Gasteiger partial charge in [-0.3, -0.25) is 0 Å². The third-order valence-electron chi connectivity index (χ3n) is 3.84. The average molecular weight is 386 g/mol. The van der Waals surface area contributed by atoms with Crippen LogP contribution in [0, 0.1) is 5.82 Å². The normalized spacial score (nSPS) is 11.6. The highest BCUT2D eigenvalue weighted by Crippen LogP contribution is 2.21. The lowest BCUT2D eigenvalue weighted by molar-refractivity contribution is 0.238. The number of hydrogen-bond acceptors (Lipinski definition) is 5. The molecule has 1 aromatic heterocycles.